The number of aliphatic hydroxyl groups is 1. The van der Waals surface area contributed by atoms with Crippen molar-refractivity contribution in [1.82, 2.24) is 0 Å². The lowest BCUT2D eigenvalue weighted by molar-refractivity contribution is -0.385. The number of nitro groups is 1. The van der Waals surface area contributed by atoms with Gasteiger partial charge >= 0.3 is 5.69 Å². The summed E-state index contributed by atoms with van der Waals surface area (Å²) in [5.41, 5.74) is 1.16. The Hall–Kier alpha value is -2.40. The van der Waals surface area contributed by atoms with Crippen molar-refractivity contribution in [2.24, 2.45) is 0 Å². The van der Waals surface area contributed by atoms with E-state index in [4.69, 9.17) is 4.74 Å². The minimum Gasteiger partial charge on any atom is -0.449 e. The van der Waals surface area contributed by atoms with Crippen molar-refractivity contribution in [2.75, 3.05) is 0 Å². The molecule has 0 aliphatic carbocycles. The Balaban J connectivity index is 2.48. The second-order valence-corrected chi connectivity index (χ2v) is 4.50. The summed E-state index contributed by atoms with van der Waals surface area (Å²) in [5, 5.41) is 20.8. The summed E-state index contributed by atoms with van der Waals surface area (Å²) in [4.78, 5) is 10.6. The molecule has 20 heavy (non-hydrogen) atoms. The molecule has 2 rings (SSSR count). The minimum absolute atomic E-state index is 0.0922. The molecular formula is C15H15NO4. The first-order valence-corrected chi connectivity index (χ1v) is 6.19. The van der Waals surface area contributed by atoms with Crippen molar-refractivity contribution >= 4 is 5.69 Å². The van der Waals surface area contributed by atoms with E-state index in [1.54, 1.807) is 50.2 Å². The Morgan fingerprint density at radius 3 is 2.55 bits per heavy atom. The maximum atomic E-state index is 11.1. The molecule has 0 aliphatic rings. The lowest BCUT2D eigenvalue weighted by Gasteiger charge is -2.14. The van der Waals surface area contributed by atoms with Crippen molar-refractivity contribution in [1.29, 1.82) is 0 Å². The quantitative estimate of drug-likeness (QED) is 0.680. The predicted molar refractivity (Wildman–Crippen MR) is 75.0 cm³/mol. The molecule has 0 radical (unpaired) electrons. The van der Waals surface area contributed by atoms with Gasteiger partial charge in [-0.2, -0.15) is 0 Å². The number of ether oxygens (including phenoxy) is 1. The molecule has 0 saturated heterocycles. The SMILES string of the molecule is Cc1cccc([N+](=O)[O-])c1Oc1ccccc1[C@H](C)O. The molecule has 2 aromatic rings. The van der Waals surface area contributed by atoms with Crippen molar-refractivity contribution in [2.45, 2.75) is 20.0 Å². The van der Waals surface area contributed by atoms with Crippen molar-refractivity contribution in [3.8, 4) is 11.5 Å². The molecule has 1 N–H and O–H groups in total. The van der Waals surface area contributed by atoms with Gasteiger partial charge in [-0.15, -0.1) is 0 Å². The molecular weight excluding hydrogens is 258 g/mol. The molecule has 0 bridgehead atoms. The molecule has 0 spiro atoms. The van der Waals surface area contributed by atoms with Crippen LogP contribution in [0, 0.1) is 17.0 Å². The number of rotatable bonds is 4. The van der Waals surface area contributed by atoms with Gasteiger partial charge in [0.25, 0.3) is 0 Å². The highest BCUT2D eigenvalue weighted by molar-refractivity contribution is 5.54. The molecule has 5 heteroatoms. The van der Waals surface area contributed by atoms with Gasteiger partial charge in [0.05, 0.1) is 11.0 Å². The summed E-state index contributed by atoms with van der Waals surface area (Å²) in [6.45, 7) is 3.36. The molecule has 0 saturated carbocycles. The molecule has 0 amide bonds. The van der Waals surface area contributed by atoms with E-state index in [1.165, 1.54) is 6.07 Å². The number of aryl methyl sites for hydroxylation is 1. The summed E-state index contributed by atoms with van der Waals surface area (Å²) in [6, 6.07) is 11.7. The van der Waals surface area contributed by atoms with Gasteiger partial charge in [-0.1, -0.05) is 30.3 Å². The number of nitrogens with zero attached hydrogens (tertiary/aromatic N) is 1. The average molecular weight is 273 g/mol. The fourth-order valence-electron chi connectivity index (χ4n) is 1.94. The predicted octanol–water partition coefficient (Wildman–Crippen LogP) is 3.75. The van der Waals surface area contributed by atoms with Crippen LogP contribution in [0.2, 0.25) is 0 Å². The Morgan fingerprint density at radius 1 is 1.20 bits per heavy atom. The maximum Gasteiger partial charge on any atom is 0.311 e. The highest BCUT2D eigenvalue weighted by Crippen LogP contribution is 2.36. The fourth-order valence-corrected chi connectivity index (χ4v) is 1.94. The first-order valence-electron chi connectivity index (χ1n) is 6.19. The second-order valence-electron chi connectivity index (χ2n) is 4.50. The highest BCUT2D eigenvalue weighted by atomic mass is 16.6. The third kappa shape index (κ3) is 2.78. The first-order chi connectivity index (χ1) is 9.50. The van der Waals surface area contributed by atoms with E-state index in [0.717, 1.165) is 0 Å². The van der Waals surface area contributed by atoms with Crippen LogP contribution in [-0.2, 0) is 0 Å². The Bertz CT molecular complexity index is 638. The smallest absolute Gasteiger partial charge is 0.311 e. The number of benzene rings is 2. The summed E-state index contributed by atoms with van der Waals surface area (Å²) in [7, 11) is 0. The molecule has 0 aliphatic heterocycles. The molecule has 1 atom stereocenters. The number of hydrogen-bond donors (Lipinski definition) is 1. The standard InChI is InChI=1S/C15H15NO4/c1-10-6-5-8-13(16(18)19)15(10)20-14-9-4-3-7-12(14)11(2)17/h3-9,11,17H,1-2H3/t11-/m0/s1. The monoisotopic (exact) mass is 273 g/mol. The molecule has 0 aromatic heterocycles. The molecule has 0 heterocycles. The van der Waals surface area contributed by atoms with Crippen LogP contribution in [0.1, 0.15) is 24.2 Å². The summed E-state index contributed by atoms with van der Waals surface area (Å²) >= 11 is 0. The maximum absolute atomic E-state index is 11.1. The van der Waals surface area contributed by atoms with Crippen LogP contribution in [-0.4, -0.2) is 10.0 Å². The van der Waals surface area contributed by atoms with Gasteiger partial charge in [0, 0.05) is 11.6 Å². The van der Waals surface area contributed by atoms with E-state index in [9.17, 15) is 15.2 Å². The van der Waals surface area contributed by atoms with Crippen LogP contribution in [0.25, 0.3) is 0 Å². The van der Waals surface area contributed by atoms with Crippen LogP contribution in [0.5, 0.6) is 11.5 Å². The van der Waals surface area contributed by atoms with Crippen molar-refractivity contribution in [3.63, 3.8) is 0 Å². The highest BCUT2D eigenvalue weighted by Gasteiger charge is 2.19. The number of nitro benzene ring substituents is 1. The van der Waals surface area contributed by atoms with Crippen LogP contribution >= 0.6 is 0 Å². The molecule has 104 valence electrons. The van der Waals surface area contributed by atoms with E-state index < -0.39 is 11.0 Å². The van der Waals surface area contributed by atoms with Gasteiger partial charge in [-0.25, -0.2) is 0 Å². The van der Waals surface area contributed by atoms with E-state index in [2.05, 4.69) is 0 Å². The first kappa shape index (κ1) is 14.0. The fraction of sp³-hybridized carbons (Fsp3) is 0.200. The summed E-state index contributed by atoms with van der Waals surface area (Å²) in [6.07, 6.45) is -0.714. The zero-order valence-corrected chi connectivity index (χ0v) is 11.2. The molecule has 0 fully saturated rings. The van der Waals surface area contributed by atoms with E-state index in [0.29, 0.717) is 16.9 Å². The van der Waals surface area contributed by atoms with Crippen LogP contribution in [0.3, 0.4) is 0 Å². The summed E-state index contributed by atoms with van der Waals surface area (Å²) < 4.78 is 5.69. The Labute approximate surface area is 116 Å². The topological polar surface area (TPSA) is 72.6 Å². The van der Waals surface area contributed by atoms with E-state index in [1.807, 2.05) is 0 Å². The Kier molecular flexibility index (Phi) is 4.00. The van der Waals surface area contributed by atoms with Crippen LogP contribution in [0.4, 0.5) is 5.69 Å². The second kappa shape index (κ2) is 5.71. The van der Waals surface area contributed by atoms with Crippen molar-refractivity contribution < 1.29 is 14.8 Å². The zero-order chi connectivity index (χ0) is 14.7. The number of para-hydroxylation sites is 2. The zero-order valence-electron chi connectivity index (χ0n) is 11.2. The van der Waals surface area contributed by atoms with Gasteiger partial charge in [-0.05, 0) is 25.5 Å². The molecule has 2 aromatic carbocycles. The minimum atomic E-state index is -0.714. The molecule has 0 unspecified atom stereocenters. The van der Waals surface area contributed by atoms with E-state index >= 15 is 0 Å². The average Bonchev–Trinajstić information content (AvgIpc) is 2.41. The van der Waals surface area contributed by atoms with Gasteiger partial charge in [0.15, 0.2) is 0 Å². The summed E-state index contributed by atoms with van der Waals surface area (Å²) in [5.74, 6) is 0.616. The lowest BCUT2D eigenvalue weighted by atomic mass is 10.1. The third-order valence-electron chi connectivity index (χ3n) is 2.97. The van der Waals surface area contributed by atoms with E-state index in [-0.39, 0.29) is 11.4 Å². The van der Waals surface area contributed by atoms with Gasteiger partial charge in [-0.3, -0.25) is 10.1 Å². The molecule has 5 nitrogen and oxygen atoms in total. The van der Waals surface area contributed by atoms with Gasteiger partial charge < -0.3 is 9.84 Å². The van der Waals surface area contributed by atoms with Crippen molar-refractivity contribution in [3.05, 3.63) is 63.7 Å². The number of aliphatic hydroxyl groups excluding tert-OH is 1. The van der Waals surface area contributed by atoms with Crippen LogP contribution in [0.15, 0.2) is 42.5 Å². The Morgan fingerprint density at radius 2 is 1.90 bits per heavy atom. The lowest BCUT2D eigenvalue weighted by Crippen LogP contribution is -1.99. The third-order valence-corrected chi connectivity index (χ3v) is 2.97. The number of hydrogen-bond acceptors (Lipinski definition) is 4. The normalized spacial score (nSPS) is 11.9. The van der Waals surface area contributed by atoms with Gasteiger partial charge in [0.1, 0.15) is 5.75 Å². The largest absolute Gasteiger partial charge is 0.449 e. The van der Waals surface area contributed by atoms with Crippen LogP contribution < -0.4 is 4.74 Å². The van der Waals surface area contributed by atoms with Gasteiger partial charge in [0.2, 0.25) is 5.75 Å².